The molecule has 0 bridgehead atoms. The summed E-state index contributed by atoms with van der Waals surface area (Å²) in [6.45, 7) is 1.97. The molecular formula is C16H20ClNO. The highest BCUT2D eigenvalue weighted by Gasteiger charge is 2.22. The lowest BCUT2D eigenvalue weighted by Crippen LogP contribution is -2.30. The van der Waals surface area contributed by atoms with E-state index in [0.717, 1.165) is 30.3 Å². The van der Waals surface area contributed by atoms with Crippen LogP contribution < -0.4 is 10.1 Å². The summed E-state index contributed by atoms with van der Waals surface area (Å²) in [5.74, 6) is 0.995. The maximum atomic E-state index is 5.99. The van der Waals surface area contributed by atoms with Gasteiger partial charge in [0.05, 0.1) is 0 Å². The van der Waals surface area contributed by atoms with Crippen LogP contribution in [-0.2, 0) is 6.42 Å². The van der Waals surface area contributed by atoms with Gasteiger partial charge in [-0.15, -0.1) is 0 Å². The van der Waals surface area contributed by atoms with E-state index >= 15 is 0 Å². The molecule has 0 spiro atoms. The summed E-state index contributed by atoms with van der Waals surface area (Å²) in [7, 11) is 0. The Balaban J connectivity index is 1.41. The van der Waals surface area contributed by atoms with Crippen molar-refractivity contribution < 1.29 is 4.74 Å². The summed E-state index contributed by atoms with van der Waals surface area (Å²) >= 11 is 5.99. The van der Waals surface area contributed by atoms with Crippen molar-refractivity contribution >= 4 is 11.6 Å². The second kappa shape index (κ2) is 5.98. The van der Waals surface area contributed by atoms with Gasteiger partial charge in [-0.05, 0) is 56.0 Å². The molecule has 3 heteroatoms. The molecule has 102 valence electrons. The highest BCUT2D eigenvalue weighted by atomic mass is 35.5. The Morgan fingerprint density at radius 3 is 3.16 bits per heavy atom. The minimum atomic E-state index is 0.256. The van der Waals surface area contributed by atoms with Crippen molar-refractivity contribution in [2.24, 2.45) is 0 Å². The van der Waals surface area contributed by atoms with Gasteiger partial charge in [0.25, 0.3) is 0 Å². The molecule has 1 unspecified atom stereocenters. The van der Waals surface area contributed by atoms with Gasteiger partial charge in [0.1, 0.15) is 11.9 Å². The number of fused-ring (bicyclic) bond motifs is 1. The number of halogens is 1. The van der Waals surface area contributed by atoms with E-state index in [0.29, 0.717) is 0 Å². The summed E-state index contributed by atoms with van der Waals surface area (Å²) in [5.41, 5.74) is 2.85. The average Bonchev–Trinajstić information content (AvgIpc) is 3.02. The van der Waals surface area contributed by atoms with Crippen LogP contribution in [0, 0.1) is 0 Å². The summed E-state index contributed by atoms with van der Waals surface area (Å²) < 4.78 is 5.90. The molecule has 19 heavy (non-hydrogen) atoms. The van der Waals surface area contributed by atoms with Crippen molar-refractivity contribution in [2.75, 3.05) is 13.1 Å². The highest BCUT2D eigenvalue weighted by Crippen LogP contribution is 2.30. The lowest BCUT2D eigenvalue weighted by molar-refractivity contribution is 0.228. The third kappa shape index (κ3) is 3.31. The zero-order valence-corrected chi connectivity index (χ0v) is 11.9. The fourth-order valence-electron chi connectivity index (χ4n) is 2.88. The molecule has 1 aliphatic heterocycles. The molecule has 0 saturated carbocycles. The maximum Gasteiger partial charge on any atom is 0.123 e. The molecule has 0 aromatic heterocycles. The van der Waals surface area contributed by atoms with Crippen LogP contribution in [0.5, 0.6) is 5.75 Å². The first-order valence-electron chi connectivity index (χ1n) is 7.15. The number of hydrogen-bond acceptors (Lipinski definition) is 2. The van der Waals surface area contributed by atoms with Crippen molar-refractivity contribution in [1.29, 1.82) is 0 Å². The quantitative estimate of drug-likeness (QED) is 0.654. The van der Waals surface area contributed by atoms with Crippen molar-refractivity contribution in [2.45, 2.75) is 38.2 Å². The van der Waals surface area contributed by atoms with Gasteiger partial charge in [-0.1, -0.05) is 23.3 Å². The summed E-state index contributed by atoms with van der Waals surface area (Å²) in [5, 5.41) is 4.30. The first-order valence-corrected chi connectivity index (χ1v) is 7.53. The van der Waals surface area contributed by atoms with Crippen molar-refractivity contribution in [3.05, 3.63) is 40.4 Å². The SMILES string of the molecule is Clc1ccc2c(c1)CC(CNCCC1=CCCC1)O2. The normalized spacial score (nSPS) is 21.1. The zero-order chi connectivity index (χ0) is 13.1. The smallest absolute Gasteiger partial charge is 0.123 e. The van der Waals surface area contributed by atoms with Gasteiger partial charge in [-0.2, -0.15) is 0 Å². The molecule has 0 saturated heterocycles. The Kier molecular flexibility index (Phi) is 4.09. The topological polar surface area (TPSA) is 21.3 Å². The molecule has 1 heterocycles. The molecule has 1 aromatic rings. The number of benzene rings is 1. The fraction of sp³-hybridized carbons (Fsp3) is 0.500. The zero-order valence-electron chi connectivity index (χ0n) is 11.1. The molecule has 2 aliphatic rings. The van der Waals surface area contributed by atoms with Crippen LogP contribution in [0.4, 0.5) is 0 Å². The van der Waals surface area contributed by atoms with E-state index in [9.17, 15) is 0 Å². The van der Waals surface area contributed by atoms with Crippen LogP contribution in [0.15, 0.2) is 29.8 Å². The number of rotatable bonds is 5. The lowest BCUT2D eigenvalue weighted by Gasteiger charge is -2.12. The minimum absolute atomic E-state index is 0.256. The van der Waals surface area contributed by atoms with Gasteiger partial charge in [-0.25, -0.2) is 0 Å². The van der Waals surface area contributed by atoms with E-state index in [2.05, 4.69) is 11.4 Å². The van der Waals surface area contributed by atoms with E-state index in [4.69, 9.17) is 16.3 Å². The molecule has 1 aliphatic carbocycles. The predicted octanol–water partition coefficient (Wildman–Crippen LogP) is 3.73. The standard InChI is InChI=1S/C16H20ClNO/c17-14-5-6-16-13(9-14)10-15(19-16)11-18-8-7-12-3-1-2-4-12/h3,5-6,9,15,18H,1-2,4,7-8,10-11H2. The number of hydrogen-bond donors (Lipinski definition) is 1. The van der Waals surface area contributed by atoms with E-state index < -0.39 is 0 Å². The molecule has 1 N–H and O–H groups in total. The van der Waals surface area contributed by atoms with Gasteiger partial charge >= 0.3 is 0 Å². The van der Waals surface area contributed by atoms with Crippen LogP contribution in [0.1, 0.15) is 31.2 Å². The van der Waals surface area contributed by atoms with Crippen LogP contribution in [0.3, 0.4) is 0 Å². The molecule has 1 atom stereocenters. The first kappa shape index (κ1) is 13.0. The Morgan fingerprint density at radius 2 is 2.32 bits per heavy atom. The van der Waals surface area contributed by atoms with E-state index in [-0.39, 0.29) is 6.10 Å². The lowest BCUT2D eigenvalue weighted by atomic mass is 10.1. The molecule has 0 radical (unpaired) electrons. The fourth-order valence-corrected chi connectivity index (χ4v) is 3.07. The Hall–Kier alpha value is -0.990. The second-order valence-corrected chi connectivity index (χ2v) is 5.84. The maximum absolute atomic E-state index is 5.99. The number of ether oxygens (including phenoxy) is 1. The molecule has 3 rings (SSSR count). The summed E-state index contributed by atoms with van der Waals surface area (Å²) in [6.07, 6.45) is 8.72. The van der Waals surface area contributed by atoms with Gasteiger partial charge in [0, 0.05) is 18.0 Å². The van der Waals surface area contributed by atoms with Crippen LogP contribution in [0.2, 0.25) is 5.02 Å². The summed E-state index contributed by atoms with van der Waals surface area (Å²) in [4.78, 5) is 0. The Labute approximate surface area is 119 Å². The van der Waals surface area contributed by atoms with Crippen LogP contribution >= 0.6 is 11.6 Å². The minimum Gasteiger partial charge on any atom is -0.488 e. The van der Waals surface area contributed by atoms with Crippen molar-refractivity contribution in [1.82, 2.24) is 5.32 Å². The Bertz CT molecular complexity index is 484. The molecule has 0 fully saturated rings. The summed E-state index contributed by atoms with van der Waals surface area (Å²) in [6, 6.07) is 5.88. The van der Waals surface area contributed by atoms with E-state index in [1.165, 1.54) is 31.2 Å². The van der Waals surface area contributed by atoms with Crippen molar-refractivity contribution in [3.8, 4) is 5.75 Å². The van der Waals surface area contributed by atoms with Gasteiger partial charge in [0.2, 0.25) is 0 Å². The van der Waals surface area contributed by atoms with Crippen LogP contribution in [0.25, 0.3) is 0 Å². The third-order valence-electron chi connectivity index (χ3n) is 3.89. The average molecular weight is 278 g/mol. The number of allylic oxidation sites excluding steroid dienone is 1. The van der Waals surface area contributed by atoms with Gasteiger partial charge < -0.3 is 10.1 Å². The predicted molar refractivity (Wildman–Crippen MR) is 79.0 cm³/mol. The molecule has 1 aromatic carbocycles. The van der Waals surface area contributed by atoms with E-state index in [1.54, 1.807) is 5.57 Å². The monoisotopic (exact) mass is 277 g/mol. The second-order valence-electron chi connectivity index (χ2n) is 5.40. The molecule has 0 amide bonds. The van der Waals surface area contributed by atoms with Crippen molar-refractivity contribution in [3.63, 3.8) is 0 Å². The molecule has 2 nitrogen and oxygen atoms in total. The molecular weight excluding hydrogens is 258 g/mol. The van der Waals surface area contributed by atoms with Gasteiger partial charge in [-0.3, -0.25) is 0 Å². The van der Waals surface area contributed by atoms with Gasteiger partial charge in [0.15, 0.2) is 0 Å². The number of nitrogens with one attached hydrogen (secondary N) is 1. The highest BCUT2D eigenvalue weighted by molar-refractivity contribution is 6.30. The van der Waals surface area contributed by atoms with E-state index in [1.807, 2.05) is 18.2 Å². The largest absolute Gasteiger partial charge is 0.488 e. The van der Waals surface area contributed by atoms with Crippen LogP contribution in [-0.4, -0.2) is 19.2 Å². The Morgan fingerprint density at radius 1 is 1.37 bits per heavy atom. The first-order chi connectivity index (χ1) is 9.31. The third-order valence-corrected chi connectivity index (χ3v) is 4.13.